The lowest BCUT2D eigenvalue weighted by atomic mass is 9.92. The molecule has 0 aliphatic carbocycles. The van der Waals surface area contributed by atoms with Crippen molar-refractivity contribution in [2.75, 3.05) is 33.0 Å². The molecular weight excluding hydrogens is 268 g/mol. The molecule has 1 aliphatic heterocycles. The van der Waals surface area contributed by atoms with Crippen molar-refractivity contribution < 1.29 is 14.3 Å². The zero-order valence-corrected chi connectivity index (χ0v) is 12.5. The van der Waals surface area contributed by atoms with Crippen LogP contribution in [0.4, 0.5) is 0 Å². The maximum absolute atomic E-state index is 11.8. The topological polar surface area (TPSA) is 73.6 Å². The molecule has 1 unspecified atom stereocenters. The van der Waals surface area contributed by atoms with Gasteiger partial charge < -0.3 is 20.5 Å². The third-order valence-electron chi connectivity index (χ3n) is 3.26. The molecule has 0 aromatic carbocycles. The van der Waals surface area contributed by atoms with Crippen LogP contribution in [-0.2, 0) is 14.3 Å². The van der Waals surface area contributed by atoms with E-state index in [-0.39, 0.29) is 24.2 Å². The standard InChI is InChI=1S/C13H26N2O3.ClH/c1-2-3-7-17-10-6-15-13(16)12(14)11-4-8-18-9-5-11;/h11-12H,2-10,14H2,1H3,(H,15,16);1H. The Labute approximate surface area is 122 Å². The average Bonchev–Trinajstić information content (AvgIpc) is 2.42. The third-order valence-corrected chi connectivity index (χ3v) is 3.26. The maximum atomic E-state index is 11.8. The first kappa shape index (κ1) is 18.6. The van der Waals surface area contributed by atoms with Gasteiger partial charge in [-0.05, 0) is 25.2 Å². The van der Waals surface area contributed by atoms with Gasteiger partial charge in [0.1, 0.15) is 0 Å². The molecule has 1 amide bonds. The van der Waals surface area contributed by atoms with E-state index >= 15 is 0 Å². The summed E-state index contributed by atoms with van der Waals surface area (Å²) in [5, 5.41) is 2.83. The summed E-state index contributed by atoms with van der Waals surface area (Å²) in [6, 6.07) is -0.412. The van der Waals surface area contributed by atoms with Gasteiger partial charge in [-0.25, -0.2) is 0 Å². The van der Waals surface area contributed by atoms with Crippen molar-refractivity contribution in [1.82, 2.24) is 5.32 Å². The Hall–Kier alpha value is -0.360. The molecule has 0 aromatic heterocycles. The summed E-state index contributed by atoms with van der Waals surface area (Å²) in [6.45, 7) is 5.42. The highest BCUT2D eigenvalue weighted by molar-refractivity contribution is 5.85. The summed E-state index contributed by atoms with van der Waals surface area (Å²) >= 11 is 0. The lowest BCUT2D eigenvalue weighted by Crippen LogP contribution is -2.47. The van der Waals surface area contributed by atoms with Crippen LogP contribution in [0.15, 0.2) is 0 Å². The van der Waals surface area contributed by atoms with Crippen LogP contribution in [0.3, 0.4) is 0 Å². The van der Waals surface area contributed by atoms with Gasteiger partial charge in [-0.3, -0.25) is 4.79 Å². The molecule has 0 aromatic rings. The highest BCUT2D eigenvalue weighted by Crippen LogP contribution is 2.17. The summed E-state index contributed by atoms with van der Waals surface area (Å²) in [4.78, 5) is 11.8. The van der Waals surface area contributed by atoms with Gasteiger partial charge in [-0.2, -0.15) is 0 Å². The first-order valence-corrected chi connectivity index (χ1v) is 6.94. The van der Waals surface area contributed by atoms with Crippen LogP contribution in [-0.4, -0.2) is 44.9 Å². The minimum Gasteiger partial charge on any atom is -0.381 e. The summed E-state index contributed by atoms with van der Waals surface area (Å²) in [5.74, 6) is 0.181. The lowest BCUT2D eigenvalue weighted by molar-refractivity contribution is -0.124. The molecular formula is C13H27ClN2O3. The summed E-state index contributed by atoms with van der Waals surface area (Å²) in [6.07, 6.45) is 3.94. The number of rotatable bonds is 8. The van der Waals surface area contributed by atoms with Crippen molar-refractivity contribution in [3.63, 3.8) is 0 Å². The normalized spacial score (nSPS) is 17.6. The number of hydrogen-bond donors (Lipinski definition) is 2. The Kier molecular flexibility index (Phi) is 11.2. The number of carbonyl (C=O) groups is 1. The second-order valence-electron chi connectivity index (χ2n) is 4.73. The highest BCUT2D eigenvalue weighted by Gasteiger charge is 2.26. The molecule has 1 saturated heterocycles. The van der Waals surface area contributed by atoms with Crippen LogP contribution in [0.2, 0.25) is 0 Å². The number of amides is 1. The van der Waals surface area contributed by atoms with E-state index in [9.17, 15) is 4.79 Å². The van der Waals surface area contributed by atoms with Gasteiger partial charge in [0.15, 0.2) is 0 Å². The molecule has 0 saturated carbocycles. The fourth-order valence-electron chi connectivity index (χ4n) is 2.00. The van der Waals surface area contributed by atoms with Gasteiger partial charge in [0.2, 0.25) is 5.91 Å². The fourth-order valence-corrected chi connectivity index (χ4v) is 2.00. The van der Waals surface area contributed by atoms with Gasteiger partial charge in [-0.15, -0.1) is 12.4 Å². The second-order valence-corrected chi connectivity index (χ2v) is 4.73. The van der Waals surface area contributed by atoms with E-state index in [1.807, 2.05) is 0 Å². The molecule has 6 heteroatoms. The predicted octanol–water partition coefficient (Wildman–Crippen LogP) is 1.09. The molecule has 1 heterocycles. The van der Waals surface area contributed by atoms with Crippen LogP contribution >= 0.6 is 12.4 Å². The fraction of sp³-hybridized carbons (Fsp3) is 0.923. The van der Waals surface area contributed by atoms with Crippen LogP contribution in [0.25, 0.3) is 0 Å². The first-order valence-electron chi connectivity index (χ1n) is 6.94. The van der Waals surface area contributed by atoms with E-state index in [4.69, 9.17) is 15.2 Å². The van der Waals surface area contributed by atoms with Crippen LogP contribution in [0.1, 0.15) is 32.6 Å². The molecule has 1 atom stereocenters. The smallest absolute Gasteiger partial charge is 0.237 e. The molecule has 1 fully saturated rings. The monoisotopic (exact) mass is 294 g/mol. The third kappa shape index (κ3) is 7.72. The Morgan fingerprint density at radius 2 is 2.11 bits per heavy atom. The SMILES string of the molecule is CCCCOCCNC(=O)C(N)C1CCOCC1.Cl. The predicted molar refractivity (Wildman–Crippen MR) is 77.5 cm³/mol. The second kappa shape index (κ2) is 11.5. The minimum absolute atomic E-state index is 0. The van der Waals surface area contributed by atoms with Crippen molar-refractivity contribution >= 4 is 18.3 Å². The van der Waals surface area contributed by atoms with Crippen molar-refractivity contribution in [2.45, 2.75) is 38.6 Å². The quantitative estimate of drug-likeness (QED) is 0.657. The Morgan fingerprint density at radius 1 is 1.42 bits per heavy atom. The summed E-state index contributed by atoms with van der Waals surface area (Å²) < 4.78 is 10.6. The maximum Gasteiger partial charge on any atom is 0.237 e. The molecule has 5 nitrogen and oxygen atoms in total. The van der Waals surface area contributed by atoms with Gasteiger partial charge in [0, 0.05) is 26.4 Å². The van der Waals surface area contributed by atoms with Crippen molar-refractivity contribution in [3.05, 3.63) is 0 Å². The lowest BCUT2D eigenvalue weighted by Gasteiger charge is -2.26. The zero-order valence-electron chi connectivity index (χ0n) is 11.7. The van der Waals surface area contributed by atoms with Gasteiger partial charge in [-0.1, -0.05) is 13.3 Å². The number of ether oxygens (including phenoxy) is 2. The molecule has 1 aliphatic rings. The van der Waals surface area contributed by atoms with E-state index < -0.39 is 6.04 Å². The van der Waals surface area contributed by atoms with E-state index in [1.54, 1.807) is 0 Å². The van der Waals surface area contributed by atoms with E-state index in [2.05, 4.69) is 12.2 Å². The minimum atomic E-state index is -0.412. The van der Waals surface area contributed by atoms with Crippen LogP contribution < -0.4 is 11.1 Å². The number of carbonyl (C=O) groups excluding carboxylic acids is 1. The Bertz CT molecular complexity index is 236. The van der Waals surface area contributed by atoms with Crippen molar-refractivity contribution in [2.24, 2.45) is 11.7 Å². The highest BCUT2D eigenvalue weighted by atomic mass is 35.5. The van der Waals surface area contributed by atoms with Gasteiger partial charge in [0.05, 0.1) is 12.6 Å². The zero-order chi connectivity index (χ0) is 13.2. The molecule has 0 radical (unpaired) electrons. The number of halogens is 1. The Morgan fingerprint density at radius 3 is 2.74 bits per heavy atom. The summed E-state index contributed by atoms with van der Waals surface area (Å²) in [5.41, 5.74) is 5.95. The van der Waals surface area contributed by atoms with Crippen molar-refractivity contribution in [1.29, 1.82) is 0 Å². The molecule has 3 N–H and O–H groups in total. The molecule has 0 bridgehead atoms. The van der Waals surface area contributed by atoms with Crippen LogP contribution in [0, 0.1) is 5.92 Å². The summed E-state index contributed by atoms with van der Waals surface area (Å²) in [7, 11) is 0. The Balaban J connectivity index is 0.00000324. The molecule has 19 heavy (non-hydrogen) atoms. The average molecular weight is 295 g/mol. The largest absolute Gasteiger partial charge is 0.381 e. The first-order chi connectivity index (χ1) is 8.75. The van der Waals surface area contributed by atoms with Crippen molar-refractivity contribution in [3.8, 4) is 0 Å². The number of nitrogens with two attached hydrogens (primary N) is 1. The van der Waals surface area contributed by atoms with Crippen LogP contribution in [0.5, 0.6) is 0 Å². The van der Waals surface area contributed by atoms with E-state index in [1.165, 1.54) is 0 Å². The van der Waals surface area contributed by atoms with E-state index in [0.717, 1.165) is 32.3 Å². The molecule has 114 valence electrons. The number of hydrogen-bond acceptors (Lipinski definition) is 4. The van der Waals surface area contributed by atoms with Gasteiger partial charge in [0.25, 0.3) is 0 Å². The number of nitrogens with one attached hydrogen (secondary N) is 1. The van der Waals surface area contributed by atoms with Gasteiger partial charge >= 0.3 is 0 Å². The molecule has 1 rings (SSSR count). The van der Waals surface area contributed by atoms with E-state index in [0.29, 0.717) is 26.4 Å². The number of unbranched alkanes of at least 4 members (excludes halogenated alkanes) is 1. The molecule has 0 spiro atoms.